The molecular formula is C19H26N4O3. The fraction of sp³-hybridized carbons (Fsp3) is 0.421. The molecule has 140 valence electrons. The molecule has 1 aromatic carbocycles. The standard InChI is InChI=1S/C19H26N4O3/c1-13(2)8-9-23(12-18(24)21-17-11-15(4)26-22-17)19(25)20-16-7-5-6-14(3)10-16/h5-7,10-11,13H,8-9,12H2,1-4H3,(H,20,25)(H,21,22,24). The first kappa shape index (κ1) is 19.5. The van der Waals surface area contributed by atoms with Gasteiger partial charge in [0.05, 0.1) is 0 Å². The molecular weight excluding hydrogens is 332 g/mol. The highest BCUT2D eigenvalue weighted by atomic mass is 16.5. The van der Waals surface area contributed by atoms with E-state index in [4.69, 9.17) is 4.52 Å². The number of amides is 3. The third-order valence-electron chi connectivity index (χ3n) is 3.76. The average molecular weight is 358 g/mol. The smallest absolute Gasteiger partial charge is 0.322 e. The van der Waals surface area contributed by atoms with Gasteiger partial charge in [0.25, 0.3) is 0 Å². The van der Waals surface area contributed by atoms with E-state index in [1.54, 1.807) is 13.0 Å². The number of benzene rings is 1. The molecule has 2 rings (SSSR count). The molecule has 1 aromatic heterocycles. The van der Waals surface area contributed by atoms with E-state index in [0.29, 0.717) is 29.7 Å². The van der Waals surface area contributed by atoms with Gasteiger partial charge in [-0.25, -0.2) is 4.79 Å². The number of carbonyl (C=O) groups excluding carboxylic acids is 2. The summed E-state index contributed by atoms with van der Waals surface area (Å²) in [6, 6.07) is 8.87. The highest BCUT2D eigenvalue weighted by Gasteiger charge is 2.18. The molecule has 3 amide bonds. The lowest BCUT2D eigenvalue weighted by atomic mass is 10.1. The van der Waals surface area contributed by atoms with Gasteiger partial charge in [-0.1, -0.05) is 31.1 Å². The van der Waals surface area contributed by atoms with Crippen LogP contribution < -0.4 is 10.6 Å². The van der Waals surface area contributed by atoms with Crippen LogP contribution in [-0.4, -0.2) is 35.1 Å². The largest absolute Gasteiger partial charge is 0.360 e. The molecule has 26 heavy (non-hydrogen) atoms. The van der Waals surface area contributed by atoms with Gasteiger partial charge in [-0.05, 0) is 43.9 Å². The zero-order chi connectivity index (χ0) is 19.1. The van der Waals surface area contributed by atoms with E-state index in [9.17, 15) is 9.59 Å². The molecule has 0 unspecified atom stereocenters. The summed E-state index contributed by atoms with van der Waals surface area (Å²) < 4.78 is 4.93. The Labute approximate surface area is 153 Å². The van der Waals surface area contributed by atoms with Gasteiger partial charge >= 0.3 is 6.03 Å². The first-order valence-electron chi connectivity index (χ1n) is 8.69. The molecule has 0 atom stereocenters. The third-order valence-corrected chi connectivity index (χ3v) is 3.76. The number of aromatic nitrogens is 1. The number of aryl methyl sites for hydroxylation is 2. The van der Waals surface area contributed by atoms with Gasteiger partial charge in [-0.3, -0.25) is 4.79 Å². The Kier molecular flexibility index (Phi) is 6.77. The van der Waals surface area contributed by atoms with Crippen molar-refractivity contribution in [1.29, 1.82) is 0 Å². The van der Waals surface area contributed by atoms with E-state index in [0.717, 1.165) is 12.0 Å². The molecule has 0 radical (unpaired) electrons. The van der Waals surface area contributed by atoms with Crippen LogP contribution in [0.5, 0.6) is 0 Å². The average Bonchev–Trinajstić information content (AvgIpc) is 2.96. The number of rotatable bonds is 7. The van der Waals surface area contributed by atoms with Crippen LogP contribution in [0.3, 0.4) is 0 Å². The summed E-state index contributed by atoms with van der Waals surface area (Å²) in [5.74, 6) is 1.05. The maximum atomic E-state index is 12.6. The van der Waals surface area contributed by atoms with Crippen LogP contribution in [0.2, 0.25) is 0 Å². The predicted molar refractivity (Wildman–Crippen MR) is 101 cm³/mol. The van der Waals surface area contributed by atoms with Crippen LogP contribution in [0.15, 0.2) is 34.9 Å². The summed E-state index contributed by atoms with van der Waals surface area (Å²) in [5.41, 5.74) is 1.76. The second-order valence-electron chi connectivity index (χ2n) is 6.77. The first-order chi connectivity index (χ1) is 12.3. The fourth-order valence-corrected chi connectivity index (χ4v) is 2.37. The number of hydrogen-bond acceptors (Lipinski definition) is 4. The zero-order valence-electron chi connectivity index (χ0n) is 15.7. The van der Waals surface area contributed by atoms with Crippen molar-refractivity contribution in [2.24, 2.45) is 5.92 Å². The SMILES string of the molecule is Cc1cccc(NC(=O)N(CCC(C)C)CC(=O)Nc2cc(C)on2)c1. The van der Waals surface area contributed by atoms with E-state index in [-0.39, 0.29) is 18.5 Å². The number of urea groups is 1. The van der Waals surface area contributed by atoms with Gasteiger partial charge in [-0.2, -0.15) is 0 Å². The summed E-state index contributed by atoms with van der Waals surface area (Å²) in [6.07, 6.45) is 0.803. The van der Waals surface area contributed by atoms with Crippen molar-refractivity contribution in [2.75, 3.05) is 23.7 Å². The Morgan fingerprint density at radius 1 is 1.19 bits per heavy atom. The Morgan fingerprint density at radius 3 is 2.58 bits per heavy atom. The summed E-state index contributed by atoms with van der Waals surface area (Å²) >= 11 is 0. The van der Waals surface area contributed by atoms with Crippen LogP contribution in [0, 0.1) is 19.8 Å². The monoisotopic (exact) mass is 358 g/mol. The van der Waals surface area contributed by atoms with Gasteiger partial charge in [0.15, 0.2) is 5.82 Å². The van der Waals surface area contributed by atoms with Crippen LogP contribution in [0.25, 0.3) is 0 Å². The fourth-order valence-electron chi connectivity index (χ4n) is 2.37. The predicted octanol–water partition coefficient (Wildman–Crippen LogP) is 3.81. The summed E-state index contributed by atoms with van der Waals surface area (Å²) in [6.45, 7) is 8.28. The van der Waals surface area contributed by atoms with Crippen LogP contribution in [-0.2, 0) is 4.79 Å². The molecule has 7 heteroatoms. The lowest BCUT2D eigenvalue weighted by Gasteiger charge is -2.23. The highest BCUT2D eigenvalue weighted by Crippen LogP contribution is 2.12. The van der Waals surface area contributed by atoms with Gasteiger partial charge in [0.2, 0.25) is 5.91 Å². The Morgan fingerprint density at radius 2 is 1.96 bits per heavy atom. The maximum Gasteiger partial charge on any atom is 0.322 e. The molecule has 7 nitrogen and oxygen atoms in total. The number of nitrogens with zero attached hydrogens (tertiary/aromatic N) is 2. The minimum absolute atomic E-state index is 0.0592. The Balaban J connectivity index is 2.01. The van der Waals surface area contributed by atoms with Crippen molar-refractivity contribution in [3.05, 3.63) is 41.7 Å². The minimum Gasteiger partial charge on any atom is -0.360 e. The van der Waals surface area contributed by atoms with Crippen molar-refractivity contribution in [3.63, 3.8) is 0 Å². The van der Waals surface area contributed by atoms with Gasteiger partial charge in [-0.15, -0.1) is 0 Å². The molecule has 2 N–H and O–H groups in total. The zero-order valence-corrected chi connectivity index (χ0v) is 15.7. The van der Waals surface area contributed by atoms with Crippen LogP contribution in [0.4, 0.5) is 16.3 Å². The van der Waals surface area contributed by atoms with Crippen LogP contribution in [0.1, 0.15) is 31.6 Å². The minimum atomic E-state index is -0.318. The number of carbonyl (C=O) groups is 2. The molecule has 1 heterocycles. The molecule has 0 saturated carbocycles. The summed E-state index contributed by atoms with van der Waals surface area (Å²) in [5, 5.41) is 9.23. The molecule has 0 aliphatic carbocycles. The van der Waals surface area contributed by atoms with Crippen LogP contribution >= 0.6 is 0 Å². The van der Waals surface area contributed by atoms with Crippen molar-refractivity contribution in [2.45, 2.75) is 34.1 Å². The summed E-state index contributed by atoms with van der Waals surface area (Å²) in [4.78, 5) is 26.4. The number of nitrogens with one attached hydrogen (secondary N) is 2. The highest BCUT2D eigenvalue weighted by molar-refractivity contribution is 5.96. The van der Waals surface area contributed by atoms with Crippen molar-refractivity contribution < 1.29 is 14.1 Å². The van der Waals surface area contributed by atoms with Crippen molar-refractivity contribution >= 4 is 23.4 Å². The molecule has 0 bridgehead atoms. The van der Waals surface area contributed by atoms with Crippen molar-refractivity contribution in [3.8, 4) is 0 Å². The lowest BCUT2D eigenvalue weighted by molar-refractivity contribution is -0.116. The van der Waals surface area contributed by atoms with E-state index in [1.165, 1.54) is 4.90 Å². The van der Waals surface area contributed by atoms with Crippen molar-refractivity contribution in [1.82, 2.24) is 10.1 Å². The third kappa shape index (κ3) is 6.23. The Bertz CT molecular complexity index is 755. The van der Waals surface area contributed by atoms with Gasteiger partial charge < -0.3 is 20.1 Å². The molecule has 0 aliphatic heterocycles. The number of hydrogen-bond donors (Lipinski definition) is 2. The molecule has 0 aliphatic rings. The Hall–Kier alpha value is -2.83. The molecule has 0 spiro atoms. The van der Waals surface area contributed by atoms with E-state index < -0.39 is 0 Å². The quantitative estimate of drug-likeness (QED) is 0.788. The second-order valence-corrected chi connectivity index (χ2v) is 6.77. The lowest BCUT2D eigenvalue weighted by Crippen LogP contribution is -2.41. The molecule has 0 fully saturated rings. The maximum absolute atomic E-state index is 12.6. The van der Waals surface area contributed by atoms with E-state index in [2.05, 4.69) is 29.6 Å². The second kappa shape index (κ2) is 9.03. The molecule has 2 aromatic rings. The number of anilines is 2. The summed E-state index contributed by atoms with van der Waals surface area (Å²) in [7, 11) is 0. The van der Waals surface area contributed by atoms with Gasteiger partial charge in [0.1, 0.15) is 12.3 Å². The first-order valence-corrected chi connectivity index (χ1v) is 8.69. The normalized spacial score (nSPS) is 10.7. The topological polar surface area (TPSA) is 87.5 Å². The van der Waals surface area contributed by atoms with Gasteiger partial charge in [0, 0.05) is 18.3 Å². The van der Waals surface area contributed by atoms with E-state index in [1.807, 2.05) is 31.2 Å². The van der Waals surface area contributed by atoms with E-state index >= 15 is 0 Å². The molecule has 0 saturated heterocycles.